The summed E-state index contributed by atoms with van der Waals surface area (Å²) in [6.45, 7) is 14.7. The Kier molecular flexibility index (Phi) is 5.68. The Bertz CT molecular complexity index is 695. The molecule has 1 N–H and O–H groups in total. The fraction of sp³-hybridized carbons (Fsp3) is 0.684. The van der Waals surface area contributed by atoms with Gasteiger partial charge in [-0.2, -0.15) is 0 Å². The Hall–Kier alpha value is -0.685. The molecule has 6 nitrogen and oxygen atoms in total. The fourth-order valence-corrected chi connectivity index (χ4v) is 4.51. The van der Waals surface area contributed by atoms with Gasteiger partial charge in [0.25, 0.3) is 7.52 Å². The maximum atomic E-state index is 11.8. The number of hydrogen-bond acceptors (Lipinski definition) is 4. The number of piperazine rings is 1. The summed E-state index contributed by atoms with van der Waals surface area (Å²) < 4.78 is 25.7. The van der Waals surface area contributed by atoms with Crippen molar-refractivity contribution >= 4 is 20.1 Å². The molecule has 0 amide bonds. The van der Waals surface area contributed by atoms with Crippen LogP contribution in [0.2, 0.25) is 0 Å². The van der Waals surface area contributed by atoms with Crippen molar-refractivity contribution < 1.29 is 18.8 Å². The second-order valence-corrected chi connectivity index (χ2v) is 11.0. The van der Waals surface area contributed by atoms with E-state index in [-0.39, 0.29) is 24.4 Å². The van der Waals surface area contributed by atoms with Crippen LogP contribution in [0.25, 0.3) is 0 Å². The van der Waals surface area contributed by atoms with Gasteiger partial charge in [-0.25, -0.2) is 4.67 Å². The number of rotatable bonds is 4. The van der Waals surface area contributed by atoms with E-state index in [1.807, 2.05) is 0 Å². The number of nitrogens with zero attached hydrogens (tertiary/aromatic N) is 2. The molecule has 0 saturated carbocycles. The van der Waals surface area contributed by atoms with E-state index in [9.17, 15) is 9.46 Å². The van der Waals surface area contributed by atoms with Gasteiger partial charge < -0.3 is 14.2 Å². The Labute approximate surface area is 163 Å². The summed E-state index contributed by atoms with van der Waals surface area (Å²) in [5.74, 6) is 0. The van der Waals surface area contributed by atoms with Crippen molar-refractivity contribution in [1.29, 1.82) is 0 Å². The second-order valence-electron chi connectivity index (χ2n) is 8.76. The van der Waals surface area contributed by atoms with E-state index in [1.165, 1.54) is 12.2 Å². The molecule has 2 fully saturated rings. The lowest BCUT2D eigenvalue weighted by molar-refractivity contribution is 0.00578. The Balaban J connectivity index is 1.64. The van der Waals surface area contributed by atoms with Gasteiger partial charge >= 0.3 is 7.12 Å². The largest absolute Gasteiger partial charge is 0.494 e. The molecule has 1 aromatic carbocycles. The van der Waals surface area contributed by atoms with Crippen LogP contribution in [0.3, 0.4) is 0 Å². The van der Waals surface area contributed by atoms with Crippen LogP contribution >= 0.6 is 7.52 Å². The molecular weight excluding hydrogens is 362 g/mol. The molecule has 0 radical (unpaired) electrons. The van der Waals surface area contributed by atoms with Gasteiger partial charge in [0.2, 0.25) is 0 Å². The van der Waals surface area contributed by atoms with E-state index in [4.69, 9.17) is 9.31 Å². The van der Waals surface area contributed by atoms with Crippen molar-refractivity contribution in [3.05, 3.63) is 29.8 Å². The van der Waals surface area contributed by atoms with Crippen LogP contribution in [-0.2, 0) is 13.9 Å². The average Bonchev–Trinajstić information content (AvgIpc) is 2.81. The van der Waals surface area contributed by atoms with E-state index in [0.29, 0.717) is 13.1 Å². The molecule has 0 aromatic heterocycles. The maximum Gasteiger partial charge on any atom is 0.494 e. The van der Waals surface area contributed by atoms with Gasteiger partial charge in [0.1, 0.15) is 0 Å². The highest BCUT2D eigenvalue weighted by molar-refractivity contribution is 7.54. The molecule has 2 saturated heterocycles. The van der Waals surface area contributed by atoms with Crippen molar-refractivity contribution in [1.82, 2.24) is 9.57 Å². The van der Waals surface area contributed by atoms with Crippen molar-refractivity contribution in [3.63, 3.8) is 0 Å². The predicted octanol–water partition coefficient (Wildman–Crippen LogP) is 2.48. The normalized spacial score (nSPS) is 26.7. The summed E-state index contributed by atoms with van der Waals surface area (Å²) in [6.07, 6.45) is 0. The van der Waals surface area contributed by atoms with Crippen molar-refractivity contribution in [3.8, 4) is 0 Å². The van der Waals surface area contributed by atoms with Gasteiger partial charge in [0.15, 0.2) is 0 Å². The molecule has 1 aromatic rings. The molecule has 0 bridgehead atoms. The minimum Gasteiger partial charge on any atom is -0.399 e. The second kappa shape index (κ2) is 7.29. The quantitative estimate of drug-likeness (QED) is 0.626. The topological polar surface area (TPSA) is 62.2 Å². The lowest BCUT2D eigenvalue weighted by Crippen LogP contribution is -2.45. The monoisotopic (exact) mass is 394 g/mol. The van der Waals surface area contributed by atoms with Crippen LogP contribution in [0.15, 0.2) is 24.3 Å². The zero-order valence-electron chi connectivity index (χ0n) is 17.3. The van der Waals surface area contributed by atoms with Crippen LogP contribution in [0.1, 0.15) is 46.2 Å². The molecule has 0 aliphatic carbocycles. The molecule has 27 heavy (non-hydrogen) atoms. The highest BCUT2D eigenvalue weighted by atomic mass is 31.2. The Morgan fingerprint density at radius 1 is 1.04 bits per heavy atom. The summed E-state index contributed by atoms with van der Waals surface area (Å²) in [4.78, 5) is 12.1. The van der Waals surface area contributed by atoms with Gasteiger partial charge in [-0.1, -0.05) is 24.3 Å². The SMILES string of the molecule is CC(c1ccc(B2OC(C)(C)C(C)(C)O2)cc1)N1CCN(P(C)(=O)O)CC1. The summed E-state index contributed by atoms with van der Waals surface area (Å²) in [5.41, 5.74) is 1.58. The van der Waals surface area contributed by atoms with Crippen LogP contribution in [0, 0.1) is 0 Å². The molecule has 8 heteroatoms. The van der Waals surface area contributed by atoms with Crippen molar-refractivity contribution in [2.75, 3.05) is 32.8 Å². The molecule has 2 aliphatic rings. The van der Waals surface area contributed by atoms with E-state index >= 15 is 0 Å². The zero-order chi connectivity index (χ0) is 20.0. The lowest BCUT2D eigenvalue weighted by atomic mass is 9.78. The molecule has 2 aliphatic heterocycles. The average molecular weight is 394 g/mol. The number of benzene rings is 1. The van der Waals surface area contributed by atoms with Gasteiger partial charge in [0.05, 0.1) is 11.2 Å². The lowest BCUT2D eigenvalue weighted by Gasteiger charge is -2.38. The first-order valence-corrected chi connectivity index (χ1v) is 11.7. The van der Waals surface area contributed by atoms with Gasteiger partial charge in [-0.15, -0.1) is 0 Å². The minimum absolute atomic E-state index is 0.259. The van der Waals surface area contributed by atoms with E-state index in [0.717, 1.165) is 18.6 Å². The zero-order valence-corrected chi connectivity index (χ0v) is 18.2. The Morgan fingerprint density at radius 2 is 1.52 bits per heavy atom. The highest BCUT2D eigenvalue weighted by Crippen LogP contribution is 2.41. The molecule has 3 rings (SSSR count). The highest BCUT2D eigenvalue weighted by Gasteiger charge is 2.51. The Morgan fingerprint density at radius 3 is 1.96 bits per heavy atom. The number of hydrogen-bond donors (Lipinski definition) is 1. The molecule has 2 unspecified atom stereocenters. The fourth-order valence-electron chi connectivity index (χ4n) is 3.59. The molecule has 150 valence electrons. The first kappa shape index (κ1) is 21.0. The standard InChI is InChI=1S/C19H32BN2O4P/c1-15(21-11-13-22(14-12-21)27(6,23)24)16-7-9-17(10-8-16)20-25-18(2,3)19(4,5)26-20/h7-10,15H,11-14H2,1-6H3,(H,23,24). The van der Waals surface area contributed by atoms with Gasteiger partial charge in [-0.3, -0.25) is 9.46 Å². The van der Waals surface area contributed by atoms with Crippen LogP contribution in [0.5, 0.6) is 0 Å². The molecular formula is C19H32BN2O4P. The van der Waals surface area contributed by atoms with Crippen LogP contribution in [0.4, 0.5) is 0 Å². The summed E-state index contributed by atoms with van der Waals surface area (Å²) in [7, 11) is -3.47. The smallest absolute Gasteiger partial charge is 0.399 e. The molecule has 0 spiro atoms. The third-order valence-electron chi connectivity index (χ3n) is 6.31. The first-order chi connectivity index (χ1) is 12.4. The van der Waals surface area contributed by atoms with E-state index in [1.54, 1.807) is 4.67 Å². The van der Waals surface area contributed by atoms with Crippen molar-refractivity contribution in [2.24, 2.45) is 0 Å². The first-order valence-electron chi connectivity index (χ1n) is 9.66. The van der Waals surface area contributed by atoms with E-state index < -0.39 is 7.52 Å². The molecule has 2 heterocycles. The summed E-state index contributed by atoms with van der Waals surface area (Å²) in [5, 5.41) is 0. The van der Waals surface area contributed by atoms with E-state index in [2.05, 4.69) is 63.8 Å². The van der Waals surface area contributed by atoms with Crippen molar-refractivity contribution in [2.45, 2.75) is 51.9 Å². The third kappa shape index (κ3) is 4.34. The van der Waals surface area contributed by atoms with Crippen LogP contribution in [-0.4, -0.2) is 65.6 Å². The minimum atomic E-state index is -3.13. The summed E-state index contributed by atoms with van der Waals surface area (Å²) in [6, 6.07) is 8.69. The predicted molar refractivity (Wildman–Crippen MR) is 109 cm³/mol. The van der Waals surface area contributed by atoms with Gasteiger partial charge in [-0.05, 0) is 45.6 Å². The summed E-state index contributed by atoms with van der Waals surface area (Å²) >= 11 is 0. The maximum absolute atomic E-state index is 11.8. The third-order valence-corrected chi connectivity index (χ3v) is 7.76. The van der Waals surface area contributed by atoms with Gasteiger partial charge in [0, 0.05) is 38.9 Å². The van der Waals surface area contributed by atoms with Crippen LogP contribution < -0.4 is 5.46 Å². The molecule has 2 atom stereocenters.